The van der Waals surface area contributed by atoms with Gasteiger partial charge in [0.15, 0.2) is 0 Å². The smallest absolute Gasteiger partial charge is 0.398 e. The SMILES string of the molecule is CC1(C)Oc2ccc(SCC(F)(F)F)cc2C(N2CCCCC2=O)C1O. The molecular weight excluding hydrogens is 367 g/mol. The minimum atomic E-state index is -4.26. The monoisotopic (exact) mass is 389 g/mol. The second-order valence-corrected chi connectivity index (χ2v) is 8.29. The summed E-state index contributed by atoms with van der Waals surface area (Å²) in [6.45, 7) is 4.01. The Bertz CT molecular complexity index is 693. The zero-order chi connectivity index (χ0) is 19.1. The van der Waals surface area contributed by atoms with Crippen molar-refractivity contribution in [3.63, 3.8) is 0 Å². The summed E-state index contributed by atoms with van der Waals surface area (Å²) < 4.78 is 43.4. The van der Waals surface area contributed by atoms with Crippen molar-refractivity contribution in [2.24, 2.45) is 0 Å². The first-order valence-corrected chi connectivity index (χ1v) is 9.57. The van der Waals surface area contributed by atoms with E-state index in [1.165, 1.54) is 0 Å². The van der Waals surface area contributed by atoms with E-state index >= 15 is 0 Å². The molecule has 2 aliphatic heterocycles. The van der Waals surface area contributed by atoms with Crippen molar-refractivity contribution in [3.8, 4) is 5.75 Å². The van der Waals surface area contributed by atoms with Crippen LogP contribution in [0.4, 0.5) is 13.2 Å². The lowest BCUT2D eigenvalue weighted by molar-refractivity contribution is -0.147. The molecule has 0 radical (unpaired) electrons. The summed E-state index contributed by atoms with van der Waals surface area (Å²) >= 11 is 0.685. The molecule has 2 atom stereocenters. The highest BCUT2D eigenvalue weighted by atomic mass is 32.2. The lowest BCUT2D eigenvalue weighted by Gasteiger charge is -2.47. The Hall–Kier alpha value is -1.41. The number of aliphatic hydroxyl groups is 1. The van der Waals surface area contributed by atoms with Crippen LogP contribution in [0.15, 0.2) is 23.1 Å². The predicted molar refractivity (Wildman–Crippen MR) is 92.2 cm³/mol. The maximum Gasteiger partial charge on any atom is 0.398 e. The third-order valence-corrected chi connectivity index (χ3v) is 5.84. The molecule has 0 aliphatic carbocycles. The maximum absolute atomic E-state index is 12.5. The van der Waals surface area contributed by atoms with Gasteiger partial charge in [-0.15, -0.1) is 11.8 Å². The number of ether oxygens (including phenoxy) is 1. The minimum absolute atomic E-state index is 0.0442. The average Bonchev–Trinajstić information content (AvgIpc) is 2.55. The topological polar surface area (TPSA) is 49.8 Å². The summed E-state index contributed by atoms with van der Waals surface area (Å²) in [6, 6.07) is 4.20. The summed E-state index contributed by atoms with van der Waals surface area (Å²) in [5, 5.41) is 10.9. The highest BCUT2D eigenvalue weighted by molar-refractivity contribution is 7.99. The summed E-state index contributed by atoms with van der Waals surface area (Å²) in [6.07, 6.45) is -3.16. The minimum Gasteiger partial charge on any atom is -0.485 e. The van der Waals surface area contributed by atoms with Gasteiger partial charge in [-0.1, -0.05) is 0 Å². The summed E-state index contributed by atoms with van der Waals surface area (Å²) in [5.74, 6) is -0.536. The Balaban J connectivity index is 1.97. The normalized spacial score (nSPS) is 25.6. The van der Waals surface area contributed by atoms with Gasteiger partial charge < -0.3 is 14.7 Å². The van der Waals surface area contributed by atoms with E-state index in [0.29, 0.717) is 40.9 Å². The fraction of sp³-hybridized carbons (Fsp3) is 0.611. The Morgan fingerprint density at radius 2 is 2.08 bits per heavy atom. The molecule has 1 N–H and O–H groups in total. The number of hydrogen-bond donors (Lipinski definition) is 1. The van der Waals surface area contributed by atoms with Gasteiger partial charge in [0.2, 0.25) is 5.91 Å². The summed E-state index contributed by atoms with van der Waals surface area (Å²) in [7, 11) is 0. The number of rotatable bonds is 3. The molecule has 0 bridgehead atoms. The zero-order valence-electron chi connectivity index (χ0n) is 14.7. The van der Waals surface area contributed by atoms with Crippen molar-refractivity contribution in [2.45, 2.75) is 61.9 Å². The number of likely N-dealkylation sites (tertiary alicyclic amines) is 1. The number of halogens is 3. The molecule has 1 saturated heterocycles. The first-order valence-electron chi connectivity index (χ1n) is 8.58. The molecule has 2 unspecified atom stereocenters. The quantitative estimate of drug-likeness (QED) is 0.796. The largest absolute Gasteiger partial charge is 0.485 e. The number of aliphatic hydroxyl groups excluding tert-OH is 1. The molecule has 3 rings (SSSR count). The molecular formula is C18H22F3NO3S. The molecule has 144 valence electrons. The number of nitrogens with zero attached hydrogens (tertiary/aromatic N) is 1. The van der Waals surface area contributed by atoms with E-state index in [0.717, 1.165) is 12.8 Å². The third-order valence-electron chi connectivity index (χ3n) is 4.78. The van der Waals surface area contributed by atoms with Crippen LogP contribution >= 0.6 is 11.8 Å². The van der Waals surface area contributed by atoms with Crippen LogP contribution in [0.3, 0.4) is 0 Å². The number of carbonyl (C=O) groups is 1. The number of amides is 1. The van der Waals surface area contributed by atoms with Crippen molar-refractivity contribution in [1.29, 1.82) is 0 Å². The molecule has 2 heterocycles. The molecule has 0 saturated carbocycles. The summed E-state index contributed by atoms with van der Waals surface area (Å²) in [5.41, 5.74) is -0.338. The van der Waals surface area contributed by atoms with Crippen LogP contribution in [0.2, 0.25) is 0 Å². The van der Waals surface area contributed by atoms with Gasteiger partial charge in [-0.3, -0.25) is 4.79 Å². The lowest BCUT2D eigenvalue weighted by Crippen LogP contribution is -2.55. The molecule has 0 spiro atoms. The highest BCUT2D eigenvalue weighted by Gasteiger charge is 2.47. The van der Waals surface area contributed by atoms with Gasteiger partial charge in [0.05, 0.1) is 11.8 Å². The van der Waals surface area contributed by atoms with Crippen molar-refractivity contribution in [1.82, 2.24) is 4.90 Å². The molecule has 2 aliphatic rings. The molecule has 26 heavy (non-hydrogen) atoms. The average molecular weight is 389 g/mol. The van der Waals surface area contributed by atoms with Crippen LogP contribution < -0.4 is 4.74 Å². The van der Waals surface area contributed by atoms with Crippen molar-refractivity contribution in [2.75, 3.05) is 12.3 Å². The first-order chi connectivity index (χ1) is 12.1. The number of benzene rings is 1. The molecule has 1 fully saturated rings. The van der Waals surface area contributed by atoms with E-state index in [2.05, 4.69) is 0 Å². The Morgan fingerprint density at radius 3 is 2.73 bits per heavy atom. The molecule has 1 amide bonds. The fourth-order valence-corrected chi connectivity index (χ4v) is 4.16. The fourth-order valence-electron chi connectivity index (χ4n) is 3.46. The van der Waals surface area contributed by atoms with Crippen LogP contribution in [0.5, 0.6) is 5.75 Å². The Labute approximate surface area is 154 Å². The Morgan fingerprint density at radius 1 is 1.35 bits per heavy atom. The molecule has 0 aromatic heterocycles. The van der Waals surface area contributed by atoms with Crippen LogP contribution in [0.1, 0.15) is 44.7 Å². The number of hydrogen-bond acceptors (Lipinski definition) is 4. The lowest BCUT2D eigenvalue weighted by atomic mass is 9.84. The van der Waals surface area contributed by atoms with Gasteiger partial charge >= 0.3 is 6.18 Å². The number of piperidine rings is 1. The van der Waals surface area contributed by atoms with Gasteiger partial charge in [-0.05, 0) is 44.9 Å². The van der Waals surface area contributed by atoms with E-state index < -0.39 is 29.7 Å². The van der Waals surface area contributed by atoms with Gasteiger partial charge in [-0.25, -0.2) is 0 Å². The van der Waals surface area contributed by atoms with E-state index in [1.54, 1.807) is 36.9 Å². The molecule has 4 nitrogen and oxygen atoms in total. The summed E-state index contributed by atoms with van der Waals surface area (Å²) in [4.78, 5) is 14.5. The highest BCUT2D eigenvalue weighted by Crippen LogP contribution is 2.45. The molecule has 8 heteroatoms. The van der Waals surface area contributed by atoms with Crippen LogP contribution in [0.25, 0.3) is 0 Å². The zero-order valence-corrected chi connectivity index (χ0v) is 15.5. The van der Waals surface area contributed by atoms with E-state index in [4.69, 9.17) is 4.74 Å². The number of fused-ring (bicyclic) bond motifs is 1. The Kier molecular flexibility index (Phi) is 5.18. The van der Waals surface area contributed by atoms with Crippen LogP contribution in [0, 0.1) is 0 Å². The van der Waals surface area contributed by atoms with E-state index in [1.807, 2.05) is 0 Å². The van der Waals surface area contributed by atoms with Crippen molar-refractivity contribution in [3.05, 3.63) is 23.8 Å². The molecule has 1 aromatic rings. The number of thioether (sulfide) groups is 1. The van der Waals surface area contributed by atoms with Gasteiger partial charge in [0.25, 0.3) is 0 Å². The second kappa shape index (κ2) is 6.96. The molecule has 1 aromatic carbocycles. The van der Waals surface area contributed by atoms with E-state index in [-0.39, 0.29) is 5.91 Å². The van der Waals surface area contributed by atoms with Gasteiger partial charge in [0, 0.05) is 23.4 Å². The van der Waals surface area contributed by atoms with Gasteiger partial charge in [-0.2, -0.15) is 13.2 Å². The standard InChI is InChI=1S/C18H22F3NO3S/c1-17(2)16(24)15(22-8-4-3-5-14(22)23)12-9-11(6-7-13(12)25-17)26-10-18(19,20)21/h6-7,9,15-16,24H,3-5,8,10H2,1-2H3. The van der Waals surface area contributed by atoms with Crippen LogP contribution in [-0.4, -0.2) is 46.1 Å². The maximum atomic E-state index is 12.5. The van der Waals surface area contributed by atoms with Gasteiger partial charge in [0.1, 0.15) is 17.5 Å². The van der Waals surface area contributed by atoms with E-state index in [9.17, 15) is 23.1 Å². The first kappa shape index (κ1) is 19.4. The number of carbonyl (C=O) groups excluding carboxylic acids is 1. The van der Waals surface area contributed by atoms with Crippen molar-refractivity contribution >= 4 is 17.7 Å². The second-order valence-electron chi connectivity index (χ2n) is 7.24. The van der Waals surface area contributed by atoms with Crippen molar-refractivity contribution < 1.29 is 27.8 Å². The van der Waals surface area contributed by atoms with Crippen LogP contribution in [-0.2, 0) is 4.79 Å². The third kappa shape index (κ3) is 3.96. The predicted octanol–water partition coefficient (Wildman–Crippen LogP) is 3.93. The number of alkyl halides is 3.